The van der Waals surface area contributed by atoms with Crippen LogP contribution in [0.5, 0.6) is 0 Å². The monoisotopic (exact) mass is 415 g/mol. The topological polar surface area (TPSA) is 63.4 Å². The van der Waals surface area contributed by atoms with Crippen molar-refractivity contribution in [1.29, 1.82) is 0 Å². The molecular formula is C16H19F2N5O2S2. The van der Waals surface area contributed by atoms with Crippen molar-refractivity contribution >= 4 is 22.2 Å². The van der Waals surface area contributed by atoms with E-state index < -0.39 is 26.6 Å². The fourth-order valence-electron chi connectivity index (χ4n) is 3.21. The van der Waals surface area contributed by atoms with E-state index in [4.69, 9.17) is 12.2 Å². The second-order valence-electron chi connectivity index (χ2n) is 6.77. The molecule has 7 nitrogen and oxygen atoms in total. The molecule has 2 aromatic rings. The summed E-state index contributed by atoms with van der Waals surface area (Å²) in [6.45, 7) is 1.60. The van der Waals surface area contributed by atoms with Gasteiger partial charge in [-0.3, -0.25) is 4.90 Å². The summed E-state index contributed by atoms with van der Waals surface area (Å²) in [6.07, 6.45) is 3.97. The highest BCUT2D eigenvalue weighted by Crippen LogP contribution is 2.34. The van der Waals surface area contributed by atoms with E-state index in [1.54, 1.807) is 11.0 Å². The first-order valence-corrected chi connectivity index (χ1v) is 10.5. The van der Waals surface area contributed by atoms with Crippen molar-refractivity contribution in [2.75, 3.05) is 26.2 Å². The minimum atomic E-state index is -4.22. The number of hydrogen-bond acceptors (Lipinski definition) is 5. The van der Waals surface area contributed by atoms with Gasteiger partial charge >= 0.3 is 0 Å². The van der Waals surface area contributed by atoms with Crippen LogP contribution < -0.4 is 0 Å². The summed E-state index contributed by atoms with van der Waals surface area (Å²) in [5, 5.41) is 4.31. The molecule has 0 bridgehead atoms. The second kappa shape index (κ2) is 7.04. The van der Waals surface area contributed by atoms with Crippen LogP contribution in [0.15, 0.2) is 29.4 Å². The molecule has 0 spiro atoms. The van der Waals surface area contributed by atoms with Crippen LogP contribution in [0.1, 0.15) is 18.9 Å². The minimum absolute atomic E-state index is 0.146. The van der Waals surface area contributed by atoms with E-state index in [9.17, 15) is 17.2 Å². The lowest BCUT2D eigenvalue weighted by atomic mass is 10.3. The number of hydrogen-bond donors (Lipinski definition) is 0. The van der Waals surface area contributed by atoms with E-state index >= 15 is 0 Å². The molecule has 1 aliphatic carbocycles. The molecule has 1 saturated carbocycles. The molecule has 1 aromatic carbocycles. The van der Waals surface area contributed by atoms with Gasteiger partial charge in [0.2, 0.25) is 10.0 Å². The summed E-state index contributed by atoms with van der Waals surface area (Å²) in [6, 6.07) is 3.49. The van der Waals surface area contributed by atoms with Crippen LogP contribution in [0.4, 0.5) is 8.78 Å². The fourth-order valence-corrected chi connectivity index (χ4v) is 5.04. The Bertz CT molecular complexity index is 988. The molecule has 1 saturated heterocycles. The van der Waals surface area contributed by atoms with Crippen molar-refractivity contribution in [3.05, 3.63) is 40.9 Å². The zero-order valence-electron chi connectivity index (χ0n) is 14.5. The van der Waals surface area contributed by atoms with Gasteiger partial charge in [0.15, 0.2) is 9.67 Å². The molecule has 0 N–H and O–H groups in total. The summed E-state index contributed by atoms with van der Waals surface area (Å²) in [7, 11) is -4.22. The minimum Gasteiger partial charge on any atom is -0.303 e. The largest absolute Gasteiger partial charge is 0.303 e. The number of halogens is 2. The first-order chi connectivity index (χ1) is 12.9. The summed E-state index contributed by atoms with van der Waals surface area (Å²) in [4.78, 5) is 1.13. The van der Waals surface area contributed by atoms with E-state index in [2.05, 4.69) is 5.10 Å². The molecule has 27 heavy (non-hydrogen) atoms. The van der Waals surface area contributed by atoms with Gasteiger partial charge in [-0.2, -0.15) is 9.40 Å². The van der Waals surface area contributed by atoms with E-state index in [0.29, 0.717) is 30.6 Å². The first kappa shape index (κ1) is 18.7. The van der Waals surface area contributed by atoms with Crippen molar-refractivity contribution in [1.82, 2.24) is 23.6 Å². The Morgan fingerprint density at radius 3 is 2.33 bits per heavy atom. The number of aromatic nitrogens is 3. The molecule has 0 radical (unpaired) electrons. The molecule has 146 valence electrons. The Morgan fingerprint density at radius 1 is 1.11 bits per heavy atom. The normalized spacial score (nSPS) is 19.5. The first-order valence-electron chi connectivity index (χ1n) is 8.68. The molecular weight excluding hydrogens is 396 g/mol. The van der Waals surface area contributed by atoms with Gasteiger partial charge in [0.25, 0.3) is 0 Å². The van der Waals surface area contributed by atoms with Crippen LogP contribution in [0, 0.1) is 16.4 Å². The van der Waals surface area contributed by atoms with Crippen LogP contribution in [0.2, 0.25) is 0 Å². The molecule has 4 rings (SSSR count). The van der Waals surface area contributed by atoms with E-state index in [-0.39, 0.29) is 13.1 Å². The quantitative estimate of drug-likeness (QED) is 0.699. The van der Waals surface area contributed by atoms with Gasteiger partial charge in [-0.05, 0) is 37.2 Å². The fraction of sp³-hybridized carbons (Fsp3) is 0.500. The lowest BCUT2D eigenvalue weighted by Crippen LogP contribution is -2.49. The third-order valence-electron chi connectivity index (χ3n) is 4.88. The van der Waals surface area contributed by atoms with Gasteiger partial charge < -0.3 is 4.57 Å². The van der Waals surface area contributed by atoms with Gasteiger partial charge in [0, 0.05) is 32.2 Å². The summed E-state index contributed by atoms with van der Waals surface area (Å²) >= 11 is 5.43. The van der Waals surface area contributed by atoms with E-state index in [1.807, 2.05) is 9.47 Å². The Labute approximate surface area is 160 Å². The highest BCUT2D eigenvalue weighted by atomic mass is 32.2. The zero-order chi connectivity index (χ0) is 19.2. The number of rotatable bonds is 5. The molecule has 1 aliphatic heterocycles. The third kappa shape index (κ3) is 3.56. The number of sulfonamides is 1. The molecule has 0 unspecified atom stereocenters. The van der Waals surface area contributed by atoms with Crippen molar-refractivity contribution in [2.24, 2.45) is 0 Å². The molecule has 2 heterocycles. The average molecular weight is 415 g/mol. The van der Waals surface area contributed by atoms with Gasteiger partial charge in [0.05, 0.1) is 6.67 Å². The van der Waals surface area contributed by atoms with Crippen LogP contribution in [-0.2, 0) is 16.7 Å². The molecule has 2 aliphatic rings. The molecule has 1 aromatic heterocycles. The van der Waals surface area contributed by atoms with E-state index in [1.165, 1.54) is 0 Å². The summed E-state index contributed by atoms with van der Waals surface area (Å²) in [5.74, 6) is -2.15. The lowest BCUT2D eigenvalue weighted by Gasteiger charge is -2.33. The predicted molar refractivity (Wildman–Crippen MR) is 96.0 cm³/mol. The van der Waals surface area contributed by atoms with Crippen LogP contribution >= 0.6 is 12.2 Å². The lowest BCUT2D eigenvalue weighted by molar-refractivity contribution is 0.144. The summed E-state index contributed by atoms with van der Waals surface area (Å²) < 4.78 is 58.5. The smallest absolute Gasteiger partial charge is 0.249 e. The van der Waals surface area contributed by atoms with Gasteiger partial charge in [0.1, 0.15) is 18.0 Å². The van der Waals surface area contributed by atoms with Gasteiger partial charge in [-0.15, -0.1) is 0 Å². The number of piperazine rings is 1. The third-order valence-corrected chi connectivity index (χ3v) is 7.25. The summed E-state index contributed by atoms with van der Waals surface area (Å²) in [5.41, 5.74) is 0. The standard InChI is InChI=1S/C16H19F2N5O2S2/c17-13-2-1-3-14(18)15(13)27(24,25)21-8-6-20(7-9-21)11-23-16(26)22(10-19-23)12-4-5-12/h1-3,10,12H,4-9,11H2. The van der Waals surface area contributed by atoms with Crippen LogP contribution in [0.3, 0.4) is 0 Å². The highest BCUT2D eigenvalue weighted by molar-refractivity contribution is 7.89. The van der Waals surface area contributed by atoms with Crippen LogP contribution in [-0.4, -0.2) is 58.1 Å². The SMILES string of the molecule is O=S(=O)(c1c(F)cccc1F)N1CCN(Cn2ncn(C3CC3)c2=S)CC1. The Morgan fingerprint density at radius 2 is 1.74 bits per heavy atom. The average Bonchev–Trinajstić information content (AvgIpc) is 3.40. The maximum Gasteiger partial charge on any atom is 0.249 e. The maximum atomic E-state index is 13.9. The molecule has 11 heteroatoms. The second-order valence-corrected chi connectivity index (χ2v) is 9.01. The van der Waals surface area contributed by atoms with Gasteiger partial charge in [-0.1, -0.05) is 6.07 Å². The Kier molecular flexibility index (Phi) is 4.87. The van der Waals surface area contributed by atoms with Crippen molar-refractivity contribution in [3.63, 3.8) is 0 Å². The van der Waals surface area contributed by atoms with Gasteiger partial charge in [-0.25, -0.2) is 21.9 Å². The zero-order valence-corrected chi connectivity index (χ0v) is 16.1. The molecule has 0 atom stereocenters. The van der Waals surface area contributed by atoms with Crippen molar-refractivity contribution in [2.45, 2.75) is 30.4 Å². The number of benzene rings is 1. The Balaban J connectivity index is 1.43. The van der Waals surface area contributed by atoms with Crippen molar-refractivity contribution < 1.29 is 17.2 Å². The highest BCUT2D eigenvalue weighted by Gasteiger charge is 2.33. The van der Waals surface area contributed by atoms with Crippen LogP contribution in [0.25, 0.3) is 0 Å². The predicted octanol–water partition coefficient (Wildman–Crippen LogP) is 1.99. The molecule has 2 fully saturated rings. The molecule has 0 amide bonds. The van der Waals surface area contributed by atoms with Crippen molar-refractivity contribution in [3.8, 4) is 0 Å². The number of nitrogens with zero attached hydrogens (tertiary/aromatic N) is 5. The van der Waals surface area contributed by atoms with E-state index in [0.717, 1.165) is 35.3 Å². The maximum absolute atomic E-state index is 13.9. The Hall–Kier alpha value is -1.69.